The van der Waals surface area contributed by atoms with Crippen LogP contribution in [0, 0.1) is 5.92 Å². The molecule has 0 aliphatic carbocycles. The van der Waals surface area contributed by atoms with Gasteiger partial charge in [0.25, 0.3) is 0 Å². The molecule has 4 heteroatoms. The first-order valence-corrected chi connectivity index (χ1v) is 7.80. The zero-order chi connectivity index (χ0) is 14.5. The Morgan fingerprint density at radius 1 is 1.30 bits per heavy atom. The standard InChI is InChI=1S/C16H26ClN3/c1-18-11-14-10-15(17)4-5-16(14)20-8-6-13(7-9-20)12-19(2)3/h4-5,10,13,18H,6-9,11-12H2,1-3H3. The third kappa shape index (κ3) is 4.11. The van der Waals surface area contributed by atoms with Crippen LogP contribution in [0.2, 0.25) is 5.02 Å². The van der Waals surface area contributed by atoms with E-state index in [0.29, 0.717) is 0 Å². The molecule has 0 bridgehead atoms. The number of anilines is 1. The molecule has 0 saturated carbocycles. The zero-order valence-corrected chi connectivity index (χ0v) is 13.6. The lowest BCUT2D eigenvalue weighted by Gasteiger charge is -2.35. The molecular formula is C16H26ClN3. The van der Waals surface area contributed by atoms with Gasteiger partial charge in [-0.15, -0.1) is 0 Å². The number of rotatable bonds is 5. The third-order valence-corrected chi connectivity index (χ3v) is 4.22. The molecule has 1 N–H and O–H groups in total. The molecule has 0 unspecified atom stereocenters. The second-order valence-electron chi connectivity index (χ2n) is 6.00. The molecule has 0 spiro atoms. The molecule has 1 fully saturated rings. The van der Waals surface area contributed by atoms with Gasteiger partial charge in [0.1, 0.15) is 0 Å². The summed E-state index contributed by atoms with van der Waals surface area (Å²) in [6.45, 7) is 4.37. The normalized spacial score (nSPS) is 16.9. The summed E-state index contributed by atoms with van der Waals surface area (Å²) in [6, 6.07) is 6.25. The van der Waals surface area contributed by atoms with Crippen molar-refractivity contribution in [3.63, 3.8) is 0 Å². The van der Waals surface area contributed by atoms with E-state index in [2.05, 4.69) is 41.3 Å². The van der Waals surface area contributed by atoms with Gasteiger partial charge >= 0.3 is 0 Å². The number of nitrogens with one attached hydrogen (secondary N) is 1. The topological polar surface area (TPSA) is 18.5 Å². The molecule has 112 valence electrons. The average Bonchev–Trinajstić information content (AvgIpc) is 2.40. The van der Waals surface area contributed by atoms with Gasteiger partial charge < -0.3 is 15.1 Å². The lowest BCUT2D eigenvalue weighted by atomic mass is 9.95. The second-order valence-corrected chi connectivity index (χ2v) is 6.43. The van der Waals surface area contributed by atoms with Crippen molar-refractivity contribution in [1.82, 2.24) is 10.2 Å². The minimum absolute atomic E-state index is 0.821. The van der Waals surface area contributed by atoms with E-state index >= 15 is 0 Å². The van der Waals surface area contributed by atoms with Crippen LogP contribution >= 0.6 is 11.6 Å². The van der Waals surface area contributed by atoms with Crippen LogP contribution in [0.15, 0.2) is 18.2 Å². The molecule has 1 aliphatic heterocycles. The van der Waals surface area contributed by atoms with Crippen LogP contribution in [0.5, 0.6) is 0 Å². The zero-order valence-electron chi connectivity index (χ0n) is 12.8. The highest BCUT2D eigenvalue weighted by atomic mass is 35.5. The van der Waals surface area contributed by atoms with Gasteiger partial charge in [-0.05, 0) is 63.7 Å². The highest BCUT2D eigenvalue weighted by Gasteiger charge is 2.21. The van der Waals surface area contributed by atoms with E-state index in [4.69, 9.17) is 11.6 Å². The first-order chi connectivity index (χ1) is 9.60. The van der Waals surface area contributed by atoms with Gasteiger partial charge in [0.05, 0.1) is 0 Å². The van der Waals surface area contributed by atoms with Crippen LogP contribution in [0.4, 0.5) is 5.69 Å². The average molecular weight is 296 g/mol. The Hall–Kier alpha value is -0.770. The van der Waals surface area contributed by atoms with Gasteiger partial charge in [-0.2, -0.15) is 0 Å². The summed E-state index contributed by atoms with van der Waals surface area (Å²) >= 11 is 6.12. The summed E-state index contributed by atoms with van der Waals surface area (Å²) in [4.78, 5) is 4.81. The summed E-state index contributed by atoms with van der Waals surface area (Å²) < 4.78 is 0. The predicted molar refractivity (Wildman–Crippen MR) is 87.7 cm³/mol. The highest BCUT2D eigenvalue weighted by Crippen LogP contribution is 2.28. The quantitative estimate of drug-likeness (QED) is 0.901. The van der Waals surface area contributed by atoms with Crippen molar-refractivity contribution in [2.45, 2.75) is 19.4 Å². The Balaban J connectivity index is 2.03. The molecule has 3 nitrogen and oxygen atoms in total. The minimum atomic E-state index is 0.821. The van der Waals surface area contributed by atoms with Crippen molar-refractivity contribution < 1.29 is 0 Å². The maximum Gasteiger partial charge on any atom is 0.0412 e. The molecule has 0 atom stereocenters. The van der Waals surface area contributed by atoms with E-state index < -0.39 is 0 Å². The molecule has 1 aliphatic rings. The monoisotopic (exact) mass is 295 g/mol. The number of nitrogens with zero attached hydrogens (tertiary/aromatic N) is 2. The van der Waals surface area contributed by atoms with Gasteiger partial charge in [0, 0.05) is 36.9 Å². The Morgan fingerprint density at radius 2 is 2.00 bits per heavy atom. The molecular weight excluding hydrogens is 270 g/mol. The van der Waals surface area contributed by atoms with Crippen molar-refractivity contribution in [2.24, 2.45) is 5.92 Å². The summed E-state index contributed by atoms with van der Waals surface area (Å²) in [7, 11) is 6.31. The van der Waals surface area contributed by atoms with Crippen LogP contribution in [-0.4, -0.2) is 45.7 Å². The summed E-state index contributed by atoms with van der Waals surface area (Å²) in [6.07, 6.45) is 2.56. The smallest absolute Gasteiger partial charge is 0.0412 e. The molecule has 1 heterocycles. The fourth-order valence-corrected chi connectivity index (χ4v) is 3.26. The van der Waals surface area contributed by atoms with Crippen LogP contribution in [0.1, 0.15) is 18.4 Å². The molecule has 2 rings (SSSR count). The first kappa shape index (κ1) is 15.6. The summed E-state index contributed by atoms with van der Waals surface area (Å²) in [5.41, 5.74) is 2.64. The maximum atomic E-state index is 6.12. The Labute approximate surface area is 127 Å². The van der Waals surface area contributed by atoms with Crippen LogP contribution in [-0.2, 0) is 6.54 Å². The minimum Gasteiger partial charge on any atom is -0.371 e. The van der Waals surface area contributed by atoms with Gasteiger partial charge in [0.2, 0.25) is 0 Å². The van der Waals surface area contributed by atoms with Gasteiger partial charge in [-0.1, -0.05) is 11.6 Å². The van der Waals surface area contributed by atoms with Gasteiger partial charge in [0.15, 0.2) is 0 Å². The van der Waals surface area contributed by atoms with E-state index in [1.54, 1.807) is 0 Å². The third-order valence-electron chi connectivity index (χ3n) is 3.99. The number of piperidine rings is 1. The van der Waals surface area contributed by atoms with Crippen molar-refractivity contribution in [3.8, 4) is 0 Å². The van der Waals surface area contributed by atoms with E-state index in [1.165, 1.54) is 30.6 Å². The van der Waals surface area contributed by atoms with Crippen molar-refractivity contribution >= 4 is 17.3 Å². The predicted octanol–water partition coefficient (Wildman–Crippen LogP) is 2.84. The molecule has 1 aromatic carbocycles. The fraction of sp³-hybridized carbons (Fsp3) is 0.625. The van der Waals surface area contributed by atoms with Crippen LogP contribution in [0.25, 0.3) is 0 Å². The number of hydrogen-bond donors (Lipinski definition) is 1. The van der Waals surface area contributed by atoms with Crippen molar-refractivity contribution in [2.75, 3.05) is 45.7 Å². The number of halogens is 1. The molecule has 0 amide bonds. The van der Waals surface area contributed by atoms with E-state index in [1.807, 2.05) is 13.1 Å². The SMILES string of the molecule is CNCc1cc(Cl)ccc1N1CCC(CN(C)C)CC1. The molecule has 20 heavy (non-hydrogen) atoms. The maximum absolute atomic E-state index is 6.12. The molecule has 0 radical (unpaired) electrons. The van der Waals surface area contributed by atoms with Crippen molar-refractivity contribution in [1.29, 1.82) is 0 Å². The van der Waals surface area contributed by atoms with Crippen LogP contribution < -0.4 is 10.2 Å². The second kappa shape index (κ2) is 7.30. The molecule has 1 aromatic rings. The lowest BCUT2D eigenvalue weighted by Crippen LogP contribution is -2.37. The highest BCUT2D eigenvalue weighted by molar-refractivity contribution is 6.30. The first-order valence-electron chi connectivity index (χ1n) is 7.43. The van der Waals surface area contributed by atoms with Crippen molar-refractivity contribution in [3.05, 3.63) is 28.8 Å². The van der Waals surface area contributed by atoms with Gasteiger partial charge in [-0.25, -0.2) is 0 Å². The van der Waals surface area contributed by atoms with E-state index in [-0.39, 0.29) is 0 Å². The van der Waals surface area contributed by atoms with Crippen LogP contribution in [0.3, 0.4) is 0 Å². The fourth-order valence-electron chi connectivity index (χ4n) is 3.07. The molecule has 1 saturated heterocycles. The van der Waals surface area contributed by atoms with Gasteiger partial charge in [-0.3, -0.25) is 0 Å². The number of benzene rings is 1. The Bertz CT molecular complexity index is 426. The van der Waals surface area contributed by atoms with E-state index in [0.717, 1.165) is 30.6 Å². The Morgan fingerprint density at radius 3 is 2.60 bits per heavy atom. The molecule has 0 aromatic heterocycles. The number of hydrogen-bond acceptors (Lipinski definition) is 3. The Kier molecular flexibility index (Phi) is 5.70. The van der Waals surface area contributed by atoms with E-state index in [9.17, 15) is 0 Å². The summed E-state index contributed by atoms with van der Waals surface area (Å²) in [5, 5.41) is 4.05. The largest absolute Gasteiger partial charge is 0.371 e. The lowest BCUT2D eigenvalue weighted by molar-refractivity contribution is 0.285. The summed E-state index contributed by atoms with van der Waals surface area (Å²) in [5.74, 6) is 0.835.